The number of phenolic OH excluding ortho intramolecular Hbond substituents is 1. The van der Waals surface area contributed by atoms with Crippen molar-refractivity contribution in [2.24, 2.45) is 0 Å². The van der Waals surface area contributed by atoms with E-state index in [0.29, 0.717) is 18.8 Å². The Morgan fingerprint density at radius 2 is 2.00 bits per heavy atom. The molecule has 5 heteroatoms. The van der Waals surface area contributed by atoms with Gasteiger partial charge in [-0.2, -0.15) is 0 Å². The fraction of sp³-hybridized carbons (Fsp3) is 0.533. The molecule has 4 nitrogen and oxygen atoms in total. The van der Waals surface area contributed by atoms with Crippen molar-refractivity contribution in [2.45, 2.75) is 26.8 Å². The summed E-state index contributed by atoms with van der Waals surface area (Å²) in [5, 5.41) is 10.1. The van der Waals surface area contributed by atoms with Gasteiger partial charge in [0.2, 0.25) is 5.91 Å². The molecule has 1 N–H and O–H groups in total. The Bertz CT molecular complexity index is 475. The van der Waals surface area contributed by atoms with Crippen LogP contribution in [0.5, 0.6) is 5.75 Å². The number of carbonyl (C=O) groups excluding carboxylic acids is 1. The summed E-state index contributed by atoms with van der Waals surface area (Å²) in [4.78, 5) is 15.5. The van der Waals surface area contributed by atoms with Crippen molar-refractivity contribution in [1.29, 1.82) is 0 Å². The minimum absolute atomic E-state index is 0.0738. The van der Waals surface area contributed by atoms with Crippen LogP contribution in [0.1, 0.15) is 24.5 Å². The van der Waals surface area contributed by atoms with E-state index in [9.17, 15) is 9.90 Å². The Morgan fingerprint density at radius 1 is 1.35 bits per heavy atom. The number of aryl methyl sites for hydroxylation is 1. The zero-order valence-electron chi connectivity index (χ0n) is 12.6. The van der Waals surface area contributed by atoms with Crippen LogP contribution in [0.15, 0.2) is 16.6 Å². The zero-order valence-corrected chi connectivity index (χ0v) is 14.2. The van der Waals surface area contributed by atoms with Crippen LogP contribution in [0.25, 0.3) is 0 Å². The highest BCUT2D eigenvalue weighted by Crippen LogP contribution is 2.27. The highest BCUT2D eigenvalue weighted by atomic mass is 79.9. The van der Waals surface area contributed by atoms with Gasteiger partial charge < -0.3 is 10.0 Å². The largest absolute Gasteiger partial charge is 0.507 e. The minimum Gasteiger partial charge on any atom is -0.507 e. The first kappa shape index (κ1) is 17.0. The number of hydrogen-bond acceptors (Lipinski definition) is 3. The third kappa shape index (κ3) is 4.80. The number of halogens is 1. The SMILES string of the molecule is CCCN(CC(=O)N(C)C)Cc1cc(Br)cc(C)c1O. The Kier molecular flexibility index (Phi) is 6.49. The van der Waals surface area contributed by atoms with E-state index in [4.69, 9.17) is 0 Å². The van der Waals surface area contributed by atoms with Crippen LogP contribution in [0.3, 0.4) is 0 Å². The molecule has 0 bridgehead atoms. The van der Waals surface area contributed by atoms with Crippen LogP contribution in [0.2, 0.25) is 0 Å². The lowest BCUT2D eigenvalue weighted by molar-refractivity contribution is -0.130. The number of nitrogens with zero attached hydrogens (tertiary/aromatic N) is 2. The number of phenols is 1. The van der Waals surface area contributed by atoms with Gasteiger partial charge in [0.15, 0.2) is 0 Å². The number of benzene rings is 1. The van der Waals surface area contributed by atoms with Crippen molar-refractivity contribution >= 4 is 21.8 Å². The Morgan fingerprint density at radius 3 is 2.55 bits per heavy atom. The highest BCUT2D eigenvalue weighted by Gasteiger charge is 2.15. The monoisotopic (exact) mass is 342 g/mol. The maximum atomic E-state index is 11.8. The minimum atomic E-state index is 0.0738. The standard InChI is InChI=1S/C15H23BrN2O2/c1-5-6-18(10-14(19)17(3)4)9-12-8-13(16)7-11(2)15(12)20/h7-8,20H,5-6,9-10H2,1-4H3. The van der Waals surface area contributed by atoms with Crippen LogP contribution >= 0.6 is 15.9 Å². The second-order valence-corrected chi connectivity index (χ2v) is 6.14. The molecule has 0 aliphatic heterocycles. The first-order chi connectivity index (χ1) is 9.35. The summed E-state index contributed by atoms with van der Waals surface area (Å²) in [6.45, 7) is 5.72. The van der Waals surface area contributed by atoms with E-state index in [1.165, 1.54) is 0 Å². The van der Waals surface area contributed by atoms with E-state index in [-0.39, 0.29) is 5.91 Å². The van der Waals surface area contributed by atoms with Crippen LogP contribution in [0, 0.1) is 6.92 Å². The molecular weight excluding hydrogens is 320 g/mol. The molecule has 112 valence electrons. The van der Waals surface area contributed by atoms with Gasteiger partial charge in [0.25, 0.3) is 0 Å². The van der Waals surface area contributed by atoms with E-state index in [2.05, 4.69) is 27.8 Å². The second-order valence-electron chi connectivity index (χ2n) is 5.23. The summed E-state index contributed by atoms with van der Waals surface area (Å²) in [7, 11) is 3.51. The number of hydrogen-bond donors (Lipinski definition) is 1. The van der Waals surface area contributed by atoms with Gasteiger partial charge in [-0.3, -0.25) is 9.69 Å². The molecule has 1 amide bonds. The lowest BCUT2D eigenvalue weighted by atomic mass is 10.1. The van der Waals surface area contributed by atoms with Crippen molar-refractivity contribution in [3.8, 4) is 5.75 Å². The molecule has 0 unspecified atom stereocenters. The van der Waals surface area contributed by atoms with Crippen molar-refractivity contribution in [1.82, 2.24) is 9.80 Å². The fourth-order valence-electron chi connectivity index (χ4n) is 2.03. The first-order valence-corrected chi connectivity index (χ1v) is 7.55. The lowest BCUT2D eigenvalue weighted by Crippen LogP contribution is -2.36. The molecule has 0 spiro atoms. The van der Waals surface area contributed by atoms with Gasteiger partial charge in [0.1, 0.15) is 5.75 Å². The summed E-state index contributed by atoms with van der Waals surface area (Å²) in [6.07, 6.45) is 0.967. The Hall–Kier alpha value is -1.07. The maximum absolute atomic E-state index is 11.8. The predicted molar refractivity (Wildman–Crippen MR) is 84.8 cm³/mol. The molecule has 0 heterocycles. The third-order valence-electron chi connectivity index (χ3n) is 3.14. The average molecular weight is 343 g/mol. The van der Waals surface area contributed by atoms with E-state index in [0.717, 1.165) is 28.6 Å². The molecule has 20 heavy (non-hydrogen) atoms. The Labute approximate surface area is 129 Å². The summed E-state index contributed by atoms with van der Waals surface area (Å²) in [5.41, 5.74) is 1.68. The normalized spacial score (nSPS) is 10.9. The van der Waals surface area contributed by atoms with Crippen molar-refractivity contribution < 1.29 is 9.90 Å². The van der Waals surface area contributed by atoms with Gasteiger partial charge in [0, 0.05) is 30.7 Å². The molecule has 0 atom stereocenters. The second kappa shape index (κ2) is 7.64. The van der Waals surface area contributed by atoms with Crippen LogP contribution in [0.4, 0.5) is 0 Å². The molecule has 0 fully saturated rings. The molecule has 1 aromatic rings. The molecule has 0 radical (unpaired) electrons. The predicted octanol–water partition coefficient (Wildman–Crippen LogP) is 2.76. The number of aromatic hydroxyl groups is 1. The van der Waals surface area contributed by atoms with Crippen LogP contribution in [-0.4, -0.2) is 48.0 Å². The number of rotatable bonds is 6. The van der Waals surface area contributed by atoms with Crippen LogP contribution in [-0.2, 0) is 11.3 Å². The highest BCUT2D eigenvalue weighted by molar-refractivity contribution is 9.10. The average Bonchev–Trinajstić information content (AvgIpc) is 2.35. The number of amides is 1. The summed E-state index contributed by atoms with van der Waals surface area (Å²) >= 11 is 3.45. The Balaban J connectivity index is 2.88. The van der Waals surface area contributed by atoms with E-state index < -0.39 is 0 Å². The van der Waals surface area contributed by atoms with E-state index >= 15 is 0 Å². The maximum Gasteiger partial charge on any atom is 0.236 e. The topological polar surface area (TPSA) is 43.8 Å². The summed E-state index contributed by atoms with van der Waals surface area (Å²) in [6, 6.07) is 3.79. The summed E-state index contributed by atoms with van der Waals surface area (Å²) in [5.74, 6) is 0.385. The van der Waals surface area contributed by atoms with Crippen molar-refractivity contribution in [3.63, 3.8) is 0 Å². The zero-order chi connectivity index (χ0) is 15.3. The van der Waals surface area contributed by atoms with Crippen molar-refractivity contribution in [2.75, 3.05) is 27.2 Å². The van der Waals surface area contributed by atoms with Gasteiger partial charge in [0.05, 0.1) is 6.54 Å². The molecule has 0 aliphatic carbocycles. The van der Waals surface area contributed by atoms with E-state index in [1.807, 2.05) is 19.1 Å². The lowest BCUT2D eigenvalue weighted by Gasteiger charge is -2.23. The van der Waals surface area contributed by atoms with Gasteiger partial charge in [-0.15, -0.1) is 0 Å². The molecular formula is C15H23BrN2O2. The first-order valence-electron chi connectivity index (χ1n) is 6.75. The van der Waals surface area contributed by atoms with Crippen molar-refractivity contribution in [3.05, 3.63) is 27.7 Å². The molecule has 1 rings (SSSR count). The number of carbonyl (C=O) groups is 1. The molecule has 0 saturated carbocycles. The summed E-state index contributed by atoms with van der Waals surface area (Å²) < 4.78 is 0.943. The van der Waals surface area contributed by atoms with Gasteiger partial charge >= 0.3 is 0 Å². The molecule has 0 aliphatic rings. The van der Waals surface area contributed by atoms with Gasteiger partial charge in [-0.1, -0.05) is 22.9 Å². The molecule has 0 aromatic heterocycles. The van der Waals surface area contributed by atoms with Crippen LogP contribution < -0.4 is 0 Å². The van der Waals surface area contributed by atoms with E-state index in [1.54, 1.807) is 19.0 Å². The third-order valence-corrected chi connectivity index (χ3v) is 3.59. The van der Waals surface area contributed by atoms with Gasteiger partial charge in [-0.05, 0) is 37.6 Å². The quantitative estimate of drug-likeness (QED) is 0.864. The molecule has 1 aromatic carbocycles. The fourth-order valence-corrected chi connectivity index (χ4v) is 2.65. The number of likely N-dealkylation sites (N-methyl/N-ethyl adjacent to an activating group) is 1. The van der Waals surface area contributed by atoms with Gasteiger partial charge in [-0.25, -0.2) is 0 Å². The smallest absolute Gasteiger partial charge is 0.236 e. The molecule has 0 saturated heterocycles.